The smallest absolute Gasteiger partial charge is 0.318 e. The first-order valence-electron chi connectivity index (χ1n) is 6.86. The Bertz CT molecular complexity index is 387. The van der Waals surface area contributed by atoms with Crippen LogP contribution >= 0.6 is 0 Å². The van der Waals surface area contributed by atoms with Crippen molar-refractivity contribution in [1.82, 2.24) is 5.32 Å². The molecule has 0 aliphatic carbocycles. The molecule has 0 heterocycles. The minimum absolute atomic E-state index is 0.203. The van der Waals surface area contributed by atoms with Crippen LogP contribution in [0.1, 0.15) is 33.6 Å². The zero-order valence-corrected chi connectivity index (χ0v) is 12.3. The molecule has 0 radical (unpaired) electrons. The summed E-state index contributed by atoms with van der Waals surface area (Å²) in [6, 6.07) is 8.01. The van der Waals surface area contributed by atoms with Gasteiger partial charge in [-0.1, -0.05) is 13.8 Å². The number of hydrogen-bond acceptors (Lipinski definition) is 2. The van der Waals surface area contributed by atoms with Crippen molar-refractivity contribution in [2.24, 2.45) is 5.92 Å². The number of hydrogen-bond donors (Lipinski definition) is 3. The van der Waals surface area contributed by atoms with E-state index in [1.54, 1.807) is 7.05 Å². The first-order chi connectivity index (χ1) is 9.01. The van der Waals surface area contributed by atoms with Crippen molar-refractivity contribution in [3.8, 4) is 0 Å². The topological polar surface area (TPSA) is 53.2 Å². The molecule has 1 atom stereocenters. The Labute approximate surface area is 116 Å². The Morgan fingerprint density at radius 3 is 2.16 bits per heavy atom. The summed E-state index contributed by atoms with van der Waals surface area (Å²) in [7, 11) is 1.60. The van der Waals surface area contributed by atoms with Crippen LogP contribution in [0.15, 0.2) is 24.3 Å². The third kappa shape index (κ3) is 6.13. The predicted molar refractivity (Wildman–Crippen MR) is 81.7 cm³/mol. The summed E-state index contributed by atoms with van der Waals surface area (Å²) in [5.41, 5.74) is 1.87. The summed E-state index contributed by atoms with van der Waals surface area (Å²) >= 11 is 0. The van der Waals surface area contributed by atoms with Crippen LogP contribution in [0.25, 0.3) is 0 Å². The molecule has 1 unspecified atom stereocenters. The van der Waals surface area contributed by atoms with Crippen LogP contribution in [0.2, 0.25) is 0 Å². The van der Waals surface area contributed by atoms with Crippen LogP contribution in [-0.2, 0) is 0 Å². The lowest BCUT2D eigenvalue weighted by Crippen LogP contribution is -2.24. The van der Waals surface area contributed by atoms with Gasteiger partial charge in [0.1, 0.15) is 0 Å². The van der Waals surface area contributed by atoms with Crippen molar-refractivity contribution in [2.45, 2.75) is 39.7 Å². The maximum atomic E-state index is 11.2. The molecule has 0 aromatic heterocycles. The second kappa shape index (κ2) is 7.67. The molecule has 1 aromatic carbocycles. The summed E-state index contributed by atoms with van der Waals surface area (Å²) in [5, 5.41) is 8.72. The van der Waals surface area contributed by atoms with Gasteiger partial charge in [-0.25, -0.2) is 4.79 Å². The third-order valence-corrected chi connectivity index (χ3v) is 2.96. The molecular weight excluding hydrogens is 238 g/mol. The average Bonchev–Trinajstić information content (AvgIpc) is 2.38. The third-order valence-electron chi connectivity index (χ3n) is 2.96. The number of nitrogens with one attached hydrogen (secondary N) is 3. The van der Waals surface area contributed by atoms with E-state index in [1.807, 2.05) is 24.3 Å². The fraction of sp³-hybridized carbons (Fsp3) is 0.533. The highest BCUT2D eigenvalue weighted by Crippen LogP contribution is 2.16. The lowest BCUT2D eigenvalue weighted by atomic mass is 10.0. The van der Waals surface area contributed by atoms with Crippen molar-refractivity contribution in [1.29, 1.82) is 0 Å². The zero-order valence-electron chi connectivity index (χ0n) is 12.3. The summed E-state index contributed by atoms with van der Waals surface area (Å²) in [5.74, 6) is 0.739. The quantitative estimate of drug-likeness (QED) is 0.733. The van der Waals surface area contributed by atoms with Gasteiger partial charge < -0.3 is 16.0 Å². The lowest BCUT2D eigenvalue weighted by molar-refractivity contribution is 0.254. The number of amides is 2. The number of carbonyl (C=O) groups is 1. The van der Waals surface area contributed by atoms with E-state index in [-0.39, 0.29) is 6.03 Å². The van der Waals surface area contributed by atoms with Crippen molar-refractivity contribution < 1.29 is 4.79 Å². The van der Waals surface area contributed by atoms with Gasteiger partial charge in [-0.15, -0.1) is 0 Å². The molecule has 0 bridgehead atoms. The van der Waals surface area contributed by atoms with Crippen LogP contribution in [0.5, 0.6) is 0 Å². The molecule has 4 heteroatoms. The van der Waals surface area contributed by atoms with E-state index < -0.39 is 0 Å². The largest absolute Gasteiger partial charge is 0.383 e. The van der Waals surface area contributed by atoms with Gasteiger partial charge in [-0.05, 0) is 49.9 Å². The fourth-order valence-corrected chi connectivity index (χ4v) is 1.78. The van der Waals surface area contributed by atoms with E-state index >= 15 is 0 Å². The predicted octanol–water partition coefficient (Wildman–Crippen LogP) is 3.67. The van der Waals surface area contributed by atoms with Gasteiger partial charge in [-0.3, -0.25) is 0 Å². The number of urea groups is 1. The van der Waals surface area contributed by atoms with Gasteiger partial charge in [0, 0.05) is 24.5 Å². The minimum Gasteiger partial charge on any atom is -0.383 e. The normalized spacial score (nSPS) is 12.1. The maximum Gasteiger partial charge on any atom is 0.318 e. The number of rotatable bonds is 6. The summed E-state index contributed by atoms with van der Waals surface area (Å²) in [4.78, 5) is 11.2. The molecule has 106 valence electrons. The van der Waals surface area contributed by atoms with E-state index in [0.717, 1.165) is 23.7 Å². The van der Waals surface area contributed by atoms with E-state index in [9.17, 15) is 4.79 Å². The summed E-state index contributed by atoms with van der Waals surface area (Å²) in [6.07, 6.45) is 2.39. The Morgan fingerprint density at radius 2 is 1.63 bits per heavy atom. The molecule has 2 amide bonds. The molecule has 1 aromatic rings. The molecule has 1 rings (SSSR count). The molecule has 19 heavy (non-hydrogen) atoms. The average molecular weight is 263 g/mol. The van der Waals surface area contributed by atoms with Gasteiger partial charge in [0.25, 0.3) is 0 Å². The monoisotopic (exact) mass is 263 g/mol. The SMILES string of the molecule is CNC(=O)Nc1ccc(NC(C)CCC(C)C)cc1. The Morgan fingerprint density at radius 1 is 1.05 bits per heavy atom. The van der Waals surface area contributed by atoms with Gasteiger partial charge in [0.15, 0.2) is 0 Å². The molecule has 0 fully saturated rings. The molecule has 0 saturated heterocycles. The zero-order chi connectivity index (χ0) is 14.3. The number of anilines is 2. The minimum atomic E-state index is -0.203. The molecule has 0 aliphatic heterocycles. The van der Waals surface area contributed by atoms with Gasteiger partial charge in [-0.2, -0.15) is 0 Å². The number of carbonyl (C=O) groups excluding carboxylic acids is 1. The van der Waals surface area contributed by atoms with E-state index in [1.165, 1.54) is 6.42 Å². The van der Waals surface area contributed by atoms with Crippen molar-refractivity contribution in [3.05, 3.63) is 24.3 Å². The Balaban J connectivity index is 2.45. The number of benzene rings is 1. The maximum absolute atomic E-state index is 11.2. The van der Waals surface area contributed by atoms with Crippen molar-refractivity contribution in [2.75, 3.05) is 17.7 Å². The van der Waals surface area contributed by atoms with Crippen molar-refractivity contribution in [3.63, 3.8) is 0 Å². The Kier molecular flexibility index (Phi) is 6.19. The van der Waals surface area contributed by atoms with Gasteiger partial charge in [0.05, 0.1) is 0 Å². The lowest BCUT2D eigenvalue weighted by Gasteiger charge is -2.16. The van der Waals surface area contributed by atoms with Crippen LogP contribution in [0.4, 0.5) is 16.2 Å². The van der Waals surface area contributed by atoms with E-state index in [0.29, 0.717) is 6.04 Å². The molecule has 0 saturated carbocycles. The van der Waals surface area contributed by atoms with Gasteiger partial charge >= 0.3 is 6.03 Å². The second-order valence-electron chi connectivity index (χ2n) is 5.30. The van der Waals surface area contributed by atoms with E-state index in [4.69, 9.17) is 0 Å². The first kappa shape index (κ1) is 15.3. The standard InChI is InChI=1S/C15H25N3O/c1-11(2)5-6-12(3)17-13-7-9-14(10-8-13)18-15(19)16-4/h7-12,17H,5-6H2,1-4H3,(H2,16,18,19). The van der Waals surface area contributed by atoms with E-state index in [2.05, 4.69) is 36.7 Å². The fourth-order valence-electron chi connectivity index (χ4n) is 1.78. The molecule has 4 nitrogen and oxygen atoms in total. The molecular formula is C15H25N3O. The van der Waals surface area contributed by atoms with Crippen molar-refractivity contribution >= 4 is 17.4 Å². The highest BCUT2D eigenvalue weighted by Gasteiger charge is 2.04. The first-order valence-corrected chi connectivity index (χ1v) is 6.86. The highest BCUT2D eigenvalue weighted by atomic mass is 16.2. The summed E-state index contributed by atoms with van der Waals surface area (Å²) in [6.45, 7) is 6.68. The summed E-state index contributed by atoms with van der Waals surface area (Å²) < 4.78 is 0. The second-order valence-corrected chi connectivity index (χ2v) is 5.30. The van der Waals surface area contributed by atoms with Gasteiger partial charge in [0.2, 0.25) is 0 Å². The molecule has 3 N–H and O–H groups in total. The van der Waals surface area contributed by atoms with Crippen LogP contribution in [0.3, 0.4) is 0 Å². The highest BCUT2D eigenvalue weighted by molar-refractivity contribution is 5.89. The Hall–Kier alpha value is -1.71. The van der Waals surface area contributed by atoms with Crippen LogP contribution < -0.4 is 16.0 Å². The van der Waals surface area contributed by atoms with Crippen LogP contribution in [0, 0.1) is 5.92 Å². The molecule has 0 aliphatic rings. The molecule has 0 spiro atoms. The van der Waals surface area contributed by atoms with Crippen LogP contribution in [-0.4, -0.2) is 19.1 Å².